The van der Waals surface area contributed by atoms with Crippen LogP contribution in [0.2, 0.25) is 0 Å². The van der Waals surface area contributed by atoms with Crippen molar-refractivity contribution in [1.29, 1.82) is 0 Å². The molecule has 0 radical (unpaired) electrons. The van der Waals surface area contributed by atoms with Crippen LogP contribution in [0.1, 0.15) is 51.3 Å². The van der Waals surface area contributed by atoms with Crippen molar-refractivity contribution < 1.29 is 4.74 Å². The fourth-order valence-electron chi connectivity index (χ4n) is 2.31. The molecule has 1 N–H and O–H groups in total. The fourth-order valence-corrected chi connectivity index (χ4v) is 2.31. The predicted octanol–water partition coefficient (Wildman–Crippen LogP) is 3.96. The van der Waals surface area contributed by atoms with Crippen molar-refractivity contribution in [3.05, 3.63) is 35.4 Å². The first kappa shape index (κ1) is 16.2. The van der Waals surface area contributed by atoms with E-state index in [4.69, 9.17) is 4.74 Å². The minimum atomic E-state index is 0.404. The van der Waals surface area contributed by atoms with E-state index in [1.807, 2.05) is 0 Å². The summed E-state index contributed by atoms with van der Waals surface area (Å²) >= 11 is 0. The second-order valence-electron chi connectivity index (χ2n) is 5.53. The van der Waals surface area contributed by atoms with E-state index in [0.29, 0.717) is 18.0 Å². The van der Waals surface area contributed by atoms with Gasteiger partial charge in [0, 0.05) is 19.2 Å². The lowest BCUT2D eigenvalue weighted by Crippen LogP contribution is -2.40. The monoisotopic (exact) mass is 263 g/mol. The molecule has 2 atom stereocenters. The van der Waals surface area contributed by atoms with E-state index in [2.05, 4.69) is 57.3 Å². The smallest absolute Gasteiger partial charge is 0.0618 e. The first-order chi connectivity index (χ1) is 9.12. The lowest BCUT2D eigenvalue weighted by atomic mass is 9.98. The quantitative estimate of drug-likeness (QED) is 0.766. The maximum Gasteiger partial charge on any atom is 0.0618 e. The van der Waals surface area contributed by atoms with E-state index in [9.17, 15) is 0 Å². The van der Waals surface area contributed by atoms with Gasteiger partial charge in [0.25, 0.3) is 0 Å². The highest BCUT2D eigenvalue weighted by atomic mass is 16.5. The van der Waals surface area contributed by atoms with Crippen LogP contribution >= 0.6 is 0 Å². The highest BCUT2D eigenvalue weighted by molar-refractivity contribution is 5.25. The first-order valence-corrected chi connectivity index (χ1v) is 7.46. The summed E-state index contributed by atoms with van der Waals surface area (Å²) in [5.74, 6) is 0.573. The molecule has 108 valence electrons. The number of aryl methyl sites for hydroxylation is 1. The molecule has 2 nitrogen and oxygen atoms in total. The van der Waals surface area contributed by atoms with Crippen LogP contribution in [-0.2, 0) is 11.2 Å². The zero-order valence-electron chi connectivity index (χ0n) is 13.1. The van der Waals surface area contributed by atoms with Crippen molar-refractivity contribution in [2.75, 3.05) is 13.7 Å². The van der Waals surface area contributed by atoms with Gasteiger partial charge in [-0.3, -0.25) is 0 Å². The molecule has 2 unspecified atom stereocenters. The summed E-state index contributed by atoms with van der Waals surface area (Å²) in [5.41, 5.74) is 2.78. The van der Waals surface area contributed by atoms with Gasteiger partial charge in [-0.2, -0.15) is 0 Å². The van der Waals surface area contributed by atoms with Crippen molar-refractivity contribution in [2.45, 2.75) is 52.6 Å². The molecule has 1 rings (SSSR count). The van der Waals surface area contributed by atoms with E-state index in [0.717, 1.165) is 19.4 Å². The van der Waals surface area contributed by atoms with Gasteiger partial charge in [0.15, 0.2) is 0 Å². The van der Waals surface area contributed by atoms with E-state index in [1.165, 1.54) is 11.1 Å². The Balaban J connectivity index is 2.74. The lowest BCUT2D eigenvalue weighted by molar-refractivity contribution is 0.139. The van der Waals surface area contributed by atoms with Crippen molar-refractivity contribution >= 4 is 0 Å². The number of ether oxygens (including phenoxy) is 1. The third-order valence-electron chi connectivity index (χ3n) is 3.76. The third kappa shape index (κ3) is 4.96. The van der Waals surface area contributed by atoms with Gasteiger partial charge < -0.3 is 10.1 Å². The van der Waals surface area contributed by atoms with Gasteiger partial charge >= 0.3 is 0 Å². The van der Waals surface area contributed by atoms with E-state index < -0.39 is 0 Å². The van der Waals surface area contributed by atoms with Gasteiger partial charge in [-0.1, -0.05) is 52.0 Å². The minimum Gasteiger partial charge on any atom is -0.383 e. The largest absolute Gasteiger partial charge is 0.383 e. The first-order valence-electron chi connectivity index (χ1n) is 7.46. The summed E-state index contributed by atoms with van der Waals surface area (Å²) < 4.78 is 5.32. The number of methoxy groups -OCH3 is 1. The number of hydrogen-bond acceptors (Lipinski definition) is 2. The maximum absolute atomic E-state index is 5.32. The lowest BCUT2D eigenvalue weighted by Gasteiger charge is -2.28. The highest BCUT2D eigenvalue weighted by Crippen LogP contribution is 2.19. The Morgan fingerprint density at radius 2 is 1.74 bits per heavy atom. The van der Waals surface area contributed by atoms with Crippen LogP contribution in [0.15, 0.2) is 24.3 Å². The molecule has 1 aromatic rings. The third-order valence-corrected chi connectivity index (χ3v) is 3.76. The summed E-state index contributed by atoms with van der Waals surface area (Å²) in [6, 6.07) is 9.80. The summed E-state index contributed by atoms with van der Waals surface area (Å²) in [5, 5.41) is 3.73. The molecule has 2 heteroatoms. The Morgan fingerprint density at radius 1 is 1.11 bits per heavy atom. The van der Waals surface area contributed by atoms with Crippen LogP contribution in [0.5, 0.6) is 0 Å². The number of benzene rings is 1. The van der Waals surface area contributed by atoms with Crippen molar-refractivity contribution in [1.82, 2.24) is 5.32 Å². The van der Waals surface area contributed by atoms with Crippen molar-refractivity contribution in [2.24, 2.45) is 5.92 Å². The Labute approximate surface area is 118 Å². The maximum atomic E-state index is 5.32. The molecular weight excluding hydrogens is 234 g/mol. The Bertz CT molecular complexity index is 345. The topological polar surface area (TPSA) is 21.3 Å². The van der Waals surface area contributed by atoms with Crippen LogP contribution in [0.25, 0.3) is 0 Å². The fraction of sp³-hybridized carbons (Fsp3) is 0.647. The van der Waals surface area contributed by atoms with Crippen molar-refractivity contribution in [3.63, 3.8) is 0 Å². The van der Waals surface area contributed by atoms with Gasteiger partial charge in [0.2, 0.25) is 0 Å². The molecule has 0 bridgehead atoms. The second-order valence-corrected chi connectivity index (χ2v) is 5.53. The van der Waals surface area contributed by atoms with E-state index in [-0.39, 0.29) is 0 Å². The average molecular weight is 263 g/mol. The standard InChI is InChI=1S/C17H29NO/c1-6-14-8-10-15(11-9-14)16(7-2)18-17(12-19-5)13(3)4/h8-11,13,16-18H,6-7,12H2,1-5H3. The molecule has 0 heterocycles. The van der Waals surface area contributed by atoms with Gasteiger partial charge in [-0.15, -0.1) is 0 Å². The Morgan fingerprint density at radius 3 is 2.16 bits per heavy atom. The van der Waals surface area contributed by atoms with Gasteiger partial charge in [0.1, 0.15) is 0 Å². The van der Waals surface area contributed by atoms with Gasteiger partial charge in [-0.25, -0.2) is 0 Å². The zero-order chi connectivity index (χ0) is 14.3. The summed E-state index contributed by atoms with van der Waals surface area (Å²) in [7, 11) is 1.77. The second kappa shape index (κ2) is 8.34. The zero-order valence-corrected chi connectivity index (χ0v) is 13.1. The molecule has 0 spiro atoms. The summed E-state index contributed by atoms with van der Waals surface area (Å²) in [6.07, 6.45) is 2.20. The number of hydrogen-bond donors (Lipinski definition) is 1. The number of nitrogens with one attached hydrogen (secondary N) is 1. The molecule has 0 saturated carbocycles. The molecule has 0 amide bonds. The van der Waals surface area contributed by atoms with Crippen LogP contribution in [0.3, 0.4) is 0 Å². The predicted molar refractivity (Wildman–Crippen MR) is 82.5 cm³/mol. The van der Waals surface area contributed by atoms with Crippen LogP contribution < -0.4 is 5.32 Å². The van der Waals surface area contributed by atoms with E-state index in [1.54, 1.807) is 7.11 Å². The Kier molecular flexibility index (Phi) is 7.11. The molecule has 19 heavy (non-hydrogen) atoms. The molecular formula is C17H29NO. The summed E-state index contributed by atoms with van der Waals surface area (Å²) in [6.45, 7) is 9.67. The average Bonchev–Trinajstić information content (AvgIpc) is 2.43. The SMILES string of the molecule is CCc1ccc(C(CC)NC(COC)C(C)C)cc1. The van der Waals surface area contributed by atoms with Crippen molar-refractivity contribution in [3.8, 4) is 0 Å². The van der Waals surface area contributed by atoms with Gasteiger partial charge in [-0.05, 0) is 29.9 Å². The van der Waals surface area contributed by atoms with Crippen LogP contribution in [0, 0.1) is 5.92 Å². The molecule has 0 saturated heterocycles. The highest BCUT2D eigenvalue weighted by Gasteiger charge is 2.18. The molecule has 0 fully saturated rings. The van der Waals surface area contributed by atoms with E-state index >= 15 is 0 Å². The number of rotatable bonds is 8. The Hall–Kier alpha value is -0.860. The van der Waals surface area contributed by atoms with Gasteiger partial charge in [0.05, 0.1) is 6.61 Å². The normalized spacial score (nSPS) is 14.6. The summed E-state index contributed by atoms with van der Waals surface area (Å²) in [4.78, 5) is 0. The molecule has 0 aliphatic rings. The van der Waals surface area contributed by atoms with Crippen LogP contribution in [-0.4, -0.2) is 19.8 Å². The molecule has 1 aromatic carbocycles. The minimum absolute atomic E-state index is 0.404. The molecule has 0 aromatic heterocycles. The van der Waals surface area contributed by atoms with Crippen LogP contribution in [0.4, 0.5) is 0 Å². The molecule has 0 aliphatic carbocycles. The molecule has 0 aliphatic heterocycles.